The number of hydrogen-bond acceptors (Lipinski definition) is 4. The molecule has 2 amide bonds. The van der Waals surface area contributed by atoms with Crippen LogP contribution in [0.15, 0.2) is 55.1 Å². The van der Waals surface area contributed by atoms with E-state index in [1.54, 1.807) is 42.7 Å². The van der Waals surface area contributed by atoms with Crippen LogP contribution >= 0.6 is 0 Å². The highest BCUT2D eigenvalue weighted by atomic mass is 16.2. The van der Waals surface area contributed by atoms with Crippen LogP contribution in [0.1, 0.15) is 5.56 Å². The van der Waals surface area contributed by atoms with Crippen molar-refractivity contribution >= 4 is 23.4 Å². The predicted octanol–water partition coefficient (Wildman–Crippen LogP) is 2.55. The van der Waals surface area contributed by atoms with E-state index in [1.807, 2.05) is 6.92 Å². The number of aryl methyl sites for hydroxylation is 1. The monoisotopic (exact) mass is 310 g/mol. The van der Waals surface area contributed by atoms with Crippen LogP contribution in [0.5, 0.6) is 0 Å². The lowest BCUT2D eigenvalue weighted by Gasteiger charge is -2.11. The smallest absolute Gasteiger partial charge is 0.306 e. The highest BCUT2D eigenvalue weighted by molar-refractivity contribution is 5.94. The molecule has 0 unspecified atom stereocenters. The summed E-state index contributed by atoms with van der Waals surface area (Å²) >= 11 is 0. The van der Waals surface area contributed by atoms with Crippen LogP contribution in [-0.4, -0.2) is 31.6 Å². The molecule has 0 atom stereocenters. The highest BCUT2D eigenvalue weighted by Gasteiger charge is 2.10. The van der Waals surface area contributed by atoms with E-state index in [2.05, 4.69) is 20.8 Å². The number of hydrogen-bond donors (Lipinski definition) is 2. The molecule has 0 fully saturated rings. The van der Waals surface area contributed by atoms with Crippen LogP contribution in [0.25, 0.3) is 0 Å². The Morgan fingerprint density at radius 2 is 1.57 bits per heavy atom. The SMILES string of the molecule is Cc1ccc(NC(=O)n2cccn2)cc1NC(=O)n1cccn1. The van der Waals surface area contributed by atoms with Crippen molar-refractivity contribution in [3.05, 3.63) is 60.7 Å². The van der Waals surface area contributed by atoms with E-state index >= 15 is 0 Å². The fourth-order valence-electron chi connectivity index (χ4n) is 1.97. The third kappa shape index (κ3) is 3.26. The maximum atomic E-state index is 12.0. The Morgan fingerprint density at radius 3 is 2.13 bits per heavy atom. The van der Waals surface area contributed by atoms with Gasteiger partial charge in [0.1, 0.15) is 0 Å². The summed E-state index contributed by atoms with van der Waals surface area (Å²) in [5.41, 5.74) is 2.00. The summed E-state index contributed by atoms with van der Waals surface area (Å²) in [6.45, 7) is 1.86. The van der Waals surface area contributed by atoms with Gasteiger partial charge >= 0.3 is 12.1 Å². The maximum absolute atomic E-state index is 12.0. The second-order valence-corrected chi connectivity index (χ2v) is 4.79. The van der Waals surface area contributed by atoms with Gasteiger partial charge in [-0.2, -0.15) is 19.6 Å². The van der Waals surface area contributed by atoms with Gasteiger partial charge in [-0.25, -0.2) is 9.59 Å². The van der Waals surface area contributed by atoms with Crippen LogP contribution in [0, 0.1) is 6.92 Å². The molecule has 1 aromatic carbocycles. The van der Waals surface area contributed by atoms with Crippen molar-refractivity contribution in [3.8, 4) is 0 Å². The molecule has 2 heterocycles. The molecule has 116 valence electrons. The fourth-order valence-corrected chi connectivity index (χ4v) is 1.97. The van der Waals surface area contributed by atoms with Crippen molar-refractivity contribution in [1.29, 1.82) is 0 Å². The largest absolute Gasteiger partial charge is 0.346 e. The van der Waals surface area contributed by atoms with Gasteiger partial charge in [-0.3, -0.25) is 0 Å². The van der Waals surface area contributed by atoms with Crippen LogP contribution < -0.4 is 10.6 Å². The Balaban J connectivity index is 1.76. The number of nitrogens with zero attached hydrogens (tertiary/aromatic N) is 4. The van der Waals surface area contributed by atoms with Crippen molar-refractivity contribution < 1.29 is 9.59 Å². The summed E-state index contributed by atoms with van der Waals surface area (Å²) in [6.07, 6.45) is 6.13. The standard InChI is InChI=1S/C15H14N6O2/c1-11-4-5-12(18-14(22)20-8-2-6-16-20)10-13(11)19-15(23)21-9-3-7-17-21/h2-10H,1H3,(H,18,22)(H,19,23). The van der Waals surface area contributed by atoms with Crippen molar-refractivity contribution in [2.45, 2.75) is 6.92 Å². The van der Waals surface area contributed by atoms with Crippen molar-refractivity contribution in [1.82, 2.24) is 19.6 Å². The lowest BCUT2D eigenvalue weighted by Crippen LogP contribution is -2.21. The third-order valence-electron chi connectivity index (χ3n) is 3.16. The summed E-state index contributed by atoms with van der Waals surface area (Å²) < 4.78 is 2.37. The summed E-state index contributed by atoms with van der Waals surface area (Å²) in [7, 11) is 0. The first kappa shape index (κ1) is 14.5. The van der Waals surface area contributed by atoms with E-state index in [1.165, 1.54) is 21.8 Å². The molecule has 0 radical (unpaired) electrons. The van der Waals surface area contributed by atoms with E-state index in [9.17, 15) is 9.59 Å². The van der Waals surface area contributed by atoms with Crippen molar-refractivity contribution in [2.75, 3.05) is 10.6 Å². The second kappa shape index (κ2) is 6.14. The molecule has 0 aliphatic heterocycles. The first-order chi connectivity index (χ1) is 11.1. The summed E-state index contributed by atoms with van der Waals surface area (Å²) in [6, 6.07) is 7.78. The Hall–Kier alpha value is -3.42. The third-order valence-corrected chi connectivity index (χ3v) is 3.16. The predicted molar refractivity (Wildman–Crippen MR) is 84.5 cm³/mol. The summed E-state index contributed by atoms with van der Waals surface area (Å²) in [5, 5.41) is 13.2. The number of anilines is 2. The molecule has 0 spiro atoms. The maximum Gasteiger partial charge on any atom is 0.346 e. The first-order valence-electron chi connectivity index (χ1n) is 6.86. The molecule has 3 aromatic rings. The molecule has 0 saturated carbocycles. The number of carbonyl (C=O) groups is 2. The van der Waals surface area contributed by atoms with Crippen LogP contribution in [0.4, 0.5) is 21.0 Å². The average molecular weight is 310 g/mol. The number of rotatable bonds is 2. The van der Waals surface area contributed by atoms with Crippen molar-refractivity contribution in [2.24, 2.45) is 0 Å². The fraction of sp³-hybridized carbons (Fsp3) is 0.0667. The normalized spacial score (nSPS) is 10.3. The number of aromatic nitrogens is 4. The quantitative estimate of drug-likeness (QED) is 0.760. The van der Waals surface area contributed by atoms with Gasteiger partial charge in [-0.05, 0) is 36.8 Å². The second-order valence-electron chi connectivity index (χ2n) is 4.79. The number of carbonyl (C=O) groups excluding carboxylic acids is 2. The van der Waals surface area contributed by atoms with Gasteiger partial charge in [-0.15, -0.1) is 0 Å². The molecule has 23 heavy (non-hydrogen) atoms. The molecule has 2 N–H and O–H groups in total. The van der Waals surface area contributed by atoms with Gasteiger partial charge in [0, 0.05) is 36.2 Å². The molecular formula is C15H14N6O2. The average Bonchev–Trinajstić information content (AvgIpc) is 3.23. The molecule has 0 aliphatic carbocycles. The van der Waals surface area contributed by atoms with Gasteiger partial charge in [-0.1, -0.05) is 6.07 Å². The number of nitrogens with one attached hydrogen (secondary N) is 2. The molecular weight excluding hydrogens is 296 g/mol. The Morgan fingerprint density at radius 1 is 0.957 bits per heavy atom. The van der Waals surface area contributed by atoms with Crippen LogP contribution in [-0.2, 0) is 0 Å². The molecule has 8 nitrogen and oxygen atoms in total. The first-order valence-corrected chi connectivity index (χ1v) is 6.86. The minimum atomic E-state index is -0.386. The lowest BCUT2D eigenvalue weighted by molar-refractivity contribution is 0.250. The van der Waals surface area contributed by atoms with Gasteiger partial charge in [0.25, 0.3) is 0 Å². The Kier molecular flexibility index (Phi) is 3.88. The molecule has 0 saturated heterocycles. The molecule has 8 heteroatoms. The van der Waals surface area contributed by atoms with Gasteiger partial charge in [0.05, 0.1) is 0 Å². The van der Waals surface area contributed by atoms with Crippen LogP contribution in [0.3, 0.4) is 0 Å². The Bertz CT molecular complexity index is 824. The van der Waals surface area contributed by atoms with E-state index in [4.69, 9.17) is 0 Å². The molecule has 3 rings (SSSR count). The zero-order valence-corrected chi connectivity index (χ0v) is 12.3. The molecule has 0 aliphatic rings. The number of benzene rings is 1. The van der Waals surface area contributed by atoms with E-state index in [0.717, 1.165) is 5.56 Å². The summed E-state index contributed by atoms with van der Waals surface area (Å²) in [5.74, 6) is 0. The van der Waals surface area contributed by atoms with Gasteiger partial charge < -0.3 is 10.6 Å². The topological polar surface area (TPSA) is 93.8 Å². The van der Waals surface area contributed by atoms with Gasteiger partial charge in [0.2, 0.25) is 0 Å². The Labute approximate surface area is 131 Å². The zero-order valence-electron chi connectivity index (χ0n) is 12.3. The van der Waals surface area contributed by atoms with Crippen LogP contribution in [0.2, 0.25) is 0 Å². The summed E-state index contributed by atoms with van der Waals surface area (Å²) in [4.78, 5) is 24.0. The van der Waals surface area contributed by atoms with E-state index in [-0.39, 0.29) is 12.1 Å². The minimum absolute atomic E-state index is 0.381. The highest BCUT2D eigenvalue weighted by Crippen LogP contribution is 2.20. The van der Waals surface area contributed by atoms with E-state index in [0.29, 0.717) is 11.4 Å². The van der Waals surface area contributed by atoms with E-state index < -0.39 is 0 Å². The van der Waals surface area contributed by atoms with Crippen molar-refractivity contribution in [3.63, 3.8) is 0 Å². The number of amides is 2. The zero-order chi connectivity index (χ0) is 16.2. The van der Waals surface area contributed by atoms with Gasteiger partial charge in [0.15, 0.2) is 0 Å². The lowest BCUT2D eigenvalue weighted by atomic mass is 10.2. The minimum Gasteiger partial charge on any atom is -0.306 e. The molecule has 0 bridgehead atoms. The molecule has 2 aromatic heterocycles.